The first-order valence-corrected chi connectivity index (χ1v) is 8.84. The number of carbonyl (C=O) groups is 1. The topological polar surface area (TPSA) is 89.6 Å². The summed E-state index contributed by atoms with van der Waals surface area (Å²) in [5.74, 6) is 0.624. The molecule has 0 unspecified atom stereocenters. The molecule has 0 aliphatic rings. The van der Waals surface area contributed by atoms with E-state index in [1.54, 1.807) is 6.20 Å². The Bertz CT molecular complexity index is 847. The zero-order valence-corrected chi connectivity index (χ0v) is 15.0. The van der Waals surface area contributed by atoms with Crippen LogP contribution in [0.4, 0.5) is 0 Å². The Morgan fingerprint density at radius 2 is 1.88 bits per heavy atom. The molecule has 0 fully saturated rings. The average Bonchev–Trinajstić information content (AvgIpc) is 2.64. The predicted molar refractivity (Wildman–Crippen MR) is 96.6 cm³/mol. The molecule has 6 heteroatoms. The maximum absolute atomic E-state index is 10.9. The first kappa shape index (κ1) is 18.5. The van der Waals surface area contributed by atoms with Gasteiger partial charge in [0.15, 0.2) is 0 Å². The molecule has 25 heavy (non-hydrogen) atoms. The van der Waals surface area contributed by atoms with E-state index in [0.717, 1.165) is 16.7 Å². The quantitative estimate of drug-likeness (QED) is 0.807. The van der Waals surface area contributed by atoms with E-state index in [1.807, 2.05) is 31.2 Å². The molecule has 0 aliphatic heterocycles. The summed E-state index contributed by atoms with van der Waals surface area (Å²) in [4.78, 5) is 15.2. The number of hydrogen-bond acceptors (Lipinski definition) is 5. The monoisotopic (exact) mass is 350 g/mol. The van der Waals surface area contributed by atoms with Crippen molar-refractivity contribution in [2.75, 3.05) is 0 Å². The van der Waals surface area contributed by atoms with Gasteiger partial charge in [0.25, 0.3) is 0 Å². The number of nitrogens with one attached hydrogen (secondary N) is 1. The smallest absolute Gasteiger partial charge is 0.217 e. The Balaban J connectivity index is 2.10. The van der Waals surface area contributed by atoms with Crippen LogP contribution in [0.25, 0.3) is 0 Å². The third-order valence-corrected chi connectivity index (χ3v) is 4.74. The average molecular weight is 350 g/mol. The van der Waals surface area contributed by atoms with E-state index in [0.29, 0.717) is 34.9 Å². The number of thioether (sulfide) groups is 1. The number of aromatic nitrogens is 1. The van der Waals surface area contributed by atoms with Crippen LogP contribution in [0.15, 0.2) is 35.5 Å². The van der Waals surface area contributed by atoms with Gasteiger partial charge < -0.3 is 5.32 Å². The van der Waals surface area contributed by atoms with Crippen molar-refractivity contribution < 1.29 is 4.79 Å². The number of nitrogens with zero attached hydrogens (tertiary/aromatic N) is 3. The lowest BCUT2D eigenvalue weighted by atomic mass is 10.0. The van der Waals surface area contributed by atoms with Crippen molar-refractivity contribution in [1.29, 1.82) is 10.5 Å². The summed E-state index contributed by atoms with van der Waals surface area (Å²) in [6, 6.07) is 12.2. The van der Waals surface area contributed by atoms with Crippen LogP contribution in [0.3, 0.4) is 0 Å². The van der Waals surface area contributed by atoms with Gasteiger partial charge in [0.2, 0.25) is 5.91 Å². The predicted octanol–water partition coefficient (Wildman–Crippen LogP) is 3.32. The molecular formula is C19H18N4OS. The van der Waals surface area contributed by atoms with E-state index < -0.39 is 0 Å². The molecule has 0 saturated carbocycles. The van der Waals surface area contributed by atoms with E-state index in [-0.39, 0.29) is 5.91 Å². The number of carbonyl (C=O) groups excluding carboxylic acids is 1. The van der Waals surface area contributed by atoms with Gasteiger partial charge in [-0.3, -0.25) is 4.79 Å². The van der Waals surface area contributed by atoms with E-state index in [4.69, 9.17) is 5.26 Å². The Labute approximate surface area is 151 Å². The van der Waals surface area contributed by atoms with Crippen molar-refractivity contribution in [1.82, 2.24) is 10.3 Å². The van der Waals surface area contributed by atoms with Gasteiger partial charge in [-0.2, -0.15) is 10.5 Å². The maximum atomic E-state index is 10.9. The number of hydrogen-bond donors (Lipinski definition) is 1. The maximum Gasteiger partial charge on any atom is 0.217 e. The molecule has 0 saturated heterocycles. The first-order valence-electron chi connectivity index (χ1n) is 7.86. The number of rotatable bonds is 6. The van der Waals surface area contributed by atoms with Crippen LogP contribution in [-0.2, 0) is 23.5 Å². The minimum absolute atomic E-state index is 0.0534. The van der Waals surface area contributed by atoms with Crippen LogP contribution in [-0.4, -0.2) is 10.9 Å². The second-order valence-electron chi connectivity index (χ2n) is 5.42. The van der Waals surface area contributed by atoms with E-state index in [9.17, 15) is 10.1 Å². The van der Waals surface area contributed by atoms with E-state index in [1.165, 1.54) is 18.7 Å². The van der Waals surface area contributed by atoms with Crippen LogP contribution < -0.4 is 5.32 Å². The zero-order valence-electron chi connectivity index (χ0n) is 14.2. The highest BCUT2D eigenvalue weighted by Gasteiger charge is 2.14. The number of amides is 1. The second-order valence-corrected chi connectivity index (χ2v) is 6.39. The van der Waals surface area contributed by atoms with Crippen LogP contribution in [0, 0.1) is 22.7 Å². The van der Waals surface area contributed by atoms with Gasteiger partial charge in [0.05, 0.1) is 11.1 Å². The SMILES string of the molecule is CCc1c(C#N)cnc(SCc2ccc(CNC(C)=O)cc2)c1C#N. The number of pyridine rings is 1. The Hall–Kier alpha value is -2.83. The van der Waals surface area contributed by atoms with Crippen molar-refractivity contribution in [2.24, 2.45) is 0 Å². The van der Waals surface area contributed by atoms with Gasteiger partial charge in [-0.05, 0) is 23.1 Å². The van der Waals surface area contributed by atoms with Gasteiger partial charge in [0, 0.05) is 25.4 Å². The highest BCUT2D eigenvalue weighted by atomic mass is 32.2. The molecule has 1 aromatic heterocycles. The number of nitriles is 2. The van der Waals surface area contributed by atoms with Crippen molar-refractivity contribution >= 4 is 17.7 Å². The summed E-state index contributed by atoms with van der Waals surface area (Å²) in [5, 5.41) is 22.0. The van der Waals surface area contributed by atoms with Crippen LogP contribution in [0.5, 0.6) is 0 Å². The van der Waals surface area contributed by atoms with Crippen LogP contribution >= 0.6 is 11.8 Å². The Morgan fingerprint density at radius 1 is 1.20 bits per heavy atom. The summed E-state index contributed by atoms with van der Waals surface area (Å²) in [6.45, 7) is 3.94. The molecule has 0 spiro atoms. The highest BCUT2D eigenvalue weighted by Crippen LogP contribution is 2.28. The Morgan fingerprint density at radius 3 is 2.44 bits per heavy atom. The Kier molecular flexibility index (Phi) is 6.56. The molecule has 1 N–H and O–H groups in total. The molecule has 1 heterocycles. The molecule has 0 aliphatic carbocycles. The minimum atomic E-state index is -0.0534. The van der Waals surface area contributed by atoms with Crippen molar-refractivity contribution in [3.63, 3.8) is 0 Å². The van der Waals surface area contributed by atoms with Gasteiger partial charge in [-0.1, -0.05) is 31.2 Å². The van der Waals surface area contributed by atoms with Crippen molar-refractivity contribution in [2.45, 2.75) is 37.6 Å². The van der Waals surface area contributed by atoms with Crippen LogP contribution in [0.2, 0.25) is 0 Å². The molecule has 126 valence electrons. The molecule has 1 aromatic carbocycles. The molecule has 2 rings (SSSR count). The summed E-state index contributed by atoms with van der Waals surface area (Å²) in [6.07, 6.45) is 2.16. The molecule has 0 bridgehead atoms. The third-order valence-electron chi connectivity index (χ3n) is 3.68. The van der Waals surface area contributed by atoms with Gasteiger partial charge in [0.1, 0.15) is 17.2 Å². The zero-order chi connectivity index (χ0) is 18.2. The third kappa shape index (κ3) is 4.82. The lowest BCUT2D eigenvalue weighted by molar-refractivity contribution is -0.119. The molecule has 2 aromatic rings. The molecule has 0 atom stereocenters. The standard InChI is InChI=1S/C19H18N4OS/c1-3-17-16(8-20)11-23-19(18(17)9-21)25-12-15-6-4-14(5-7-15)10-22-13(2)24/h4-7,11H,3,10,12H2,1-2H3,(H,22,24). The minimum Gasteiger partial charge on any atom is -0.352 e. The molecule has 1 amide bonds. The highest BCUT2D eigenvalue weighted by molar-refractivity contribution is 7.98. The van der Waals surface area contributed by atoms with Crippen molar-refractivity contribution in [3.8, 4) is 12.1 Å². The number of benzene rings is 1. The molecule has 5 nitrogen and oxygen atoms in total. The summed E-state index contributed by atoms with van der Waals surface area (Å²) in [7, 11) is 0. The fourth-order valence-electron chi connectivity index (χ4n) is 2.35. The fraction of sp³-hybridized carbons (Fsp3) is 0.263. The van der Waals surface area contributed by atoms with Gasteiger partial charge in [-0.15, -0.1) is 11.8 Å². The summed E-state index contributed by atoms with van der Waals surface area (Å²) < 4.78 is 0. The second kappa shape index (κ2) is 8.86. The van der Waals surface area contributed by atoms with Gasteiger partial charge >= 0.3 is 0 Å². The molecule has 0 radical (unpaired) electrons. The fourth-order valence-corrected chi connectivity index (χ4v) is 3.29. The first-order chi connectivity index (χ1) is 12.1. The van der Waals surface area contributed by atoms with Crippen LogP contribution in [0.1, 0.15) is 41.7 Å². The summed E-state index contributed by atoms with van der Waals surface area (Å²) >= 11 is 1.48. The van der Waals surface area contributed by atoms with Gasteiger partial charge in [-0.25, -0.2) is 4.98 Å². The largest absolute Gasteiger partial charge is 0.352 e. The summed E-state index contributed by atoms with van der Waals surface area (Å²) in [5.41, 5.74) is 3.85. The lowest BCUT2D eigenvalue weighted by Gasteiger charge is -2.09. The lowest BCUT2D eigenvalue weighted by Crippen LogP contribution is -2.18. The molecular weight excluding hydrogens is 332 g/mol. The van der Waals surface area contributed by atoms with Crippen molar-refractivity contribution in [3.05, 3.63) is 58.3 Å². The van der Waals surface area contributed by atoms with E-state index in [2.05, 4.69) is 22.4 Å². The van der Waals surface area contributed by atoms with E-state index >= 15 is 0 Å². The normalized spacial score (nSPS) is 9.92.